The number of aromatic hydroxyl groups is 1. The quantitative estimate of drug-likeness (QED) is 0.810. The minimum absolute atomic E-state index is 0.224. The van der Waals surface area contributed by atoms with E-state index in [1.54, 1.807) is 6.07 Å². The summed E-state index contributed by atoms with van der Waals surface area (Å²) in [5.41, 5.74) is 4.91. The predicted molar refractivity (Wildman–Crippen MR) is 109 cm³/mol. The summed E-state index contributed by atoms with van der Waals surface area (Å²) in [5.74, 6) is 1.41. The van der Waals surface area contributed by atoms with Crippen molar-refractivity contribution >= 4 is 12.0 Å². The molecule has 0 amide bonds. The third-order valence-corrected chi connectivity index (χ3v) is 6.66. The number of carbonyl (C=O) groups excluding carboxylic acids is 1. The zero-order valence-electron chi connectivity index (χ0n) is 16.1. The van der Waals surface area contributed by atoms with Crippen LogP contribution >= 0.6 is 0 Å². The third kappa shape index (κ3) is 3.30. The number of hydrogen-bond acceptors (Lipinski definition) is 4. The molecule has 0 radical (unpaired) electrons. The Labute approximate surface area is 166 Å². The first-order valence-electron chi connectivity index (χ1n) is 10.5. The van der Waals surface area contributed by atoms with Crippen LogP contribution in [0.4, 0.5) is 5.69 Å². The molecule has 2 heterocycles. The van der Waals surface area contributed by atoms with E-state index in [-0.39, 0.29) is 17.9 Å². The minimum atomic E-state index is 0.224. The van der Waals surface area contributed by atoms with Crippen LogP contribution in [0.15, 0.2) is 42.5 Å². The number of anilines is 1. The fourth-order valence-corrected chi connectivity index (χ4v) is 4.87. The zero-order valence-corrected chi connectivity index (χ0v) is 16.1. The van der Waals surface area contributed by atoms with Crippen molar-refractivity contribution in [2.75, 3.05) is 18.0 Å². The van der Waals surface area contributed by atoms with Gasteiger partial charge in [-0.15, -0.1) is 0 Å². The summed E-state index contributed by atoms with van der Waals surface area (Å²) in [7, 11) is 0. The smallest absolute Gasteiger partial charge is 0.123 e. The van der Waals surface area contributed by atoms with Crippen LogP contribution in [0.25, 0.3) is 0 Å². The molecule has 2 aliphatic heterocycles. The highest BCUT2D eigenvalue weighted by atomic mass is 16.5. The molecule has 4 nitrogen and oxygen atoms in total. The molecule has 0 spiro atoms. The number of ether oxygens (including phenoxy) is 1. The number of rotatable bonds is 4. The first-order chi connectivity index (χ1) is 13.7. The van der Waals surface area contributed by atoms with Gasteiger partial charge >= 0.3 is 0 Å². The zero-order chi connectivity index (χ0) is 19.1. The van der Waals surface area contributed by atoms with Gasteiger partial charge in [0.25, 0.3) is 0 Å². The highest BCUT2D eigenvalue weighted by Gasteiger charge is 2.41. The van der Waals surface area contributed by atoms with Crippen LogP contribution in [0.3, 0.4) is 0 Å². The molecular formula is C24H27NO3. The van der Waals surface area contributed by atoms with Gasteiger partial charge in [0, 0.05) is 30.6 Å². The van der Waals surface area contributed by atoms with Crippen molar-refractivity contribution in [3.05, 3.63) is 59.2 Å². The van der Waals surface area contributed by atoms with Gasteiger partial charge in [-0.3, -0.25) is 0 Å². The van der Waals surface area contributed by atoms with Crippen LogP contribution in [0, 0.1) is 11.8 Å². The number of phenols is 1. The maximum Gasteiger partial charge on any atom is 0.123 e. The lowest BCUT2D eigenvalue weighted by atomic mass is 9.80. The molecule has 5 rings (SSSR count). The lowest BCUT2D eigenvalue weighted by molar-refractivity contribution is -0.111. The summed E-state index contributed by atoms with van der Waals surface area (Å²) in [5, 5.41) is 9.87. The second-order valence-electron chi connectivity index (χ2n) is 8.53. The molecule has 1 saturated carbocycles. The Morgan fingerprint density at radius 1 is 1.00 bits per heavy atom. The van der Waals surface area contributed by atoms with Crippen LogP contribution in [0.2, 0.25) is 0 Å². The van der Waals surface area contributed by atoms with Crippen molar-refractivity contribution in [3.63, 3.8) is 0 Å². The van der Waals surface area contributed by atoms with Crippen LogP contribution in [-0.2, 0) is 16.1 Å². The summed E-state index contributed by atoms with van der Waals surface area (Å²) in [6, 6.07) is 14.6. The van der Waals surface area contributed by atoms with E-state index >= 15 is 0 Å². The molecule has 146 valence electrons. The molecule has 1 saturated heterocycles. The van der Waals surface area contributed by atoms with Gasteiger partial charge in [-0.1, -0.05) is 18.2 Å². The summed E-state index contributed by atoms with van der Waals surface area (Å²) < 4.78 is 6.27. The monoisotopic (exact) mass is 377 g/mol. The van der Waals surface area contributed by atoms with Crippen molar-refractivity contribution in [3.8, 4) is 5.75 Å². The lowest BCUT2D eigenvalue weighted by Crippen LogP contribution is -2.34. The highest BCUT2D eigenvalue weighted by molar-refractivity contribution is 5.56. The molecule has 28 heavy (non-hydrogen) atoms. The van der Waals surface area contributed by atoms with Crippen LogP contribution in [0.1, 0.15) is 48.3 Å². The van der Waals surface area contributed by atoms with E-state index in [0.29, 0.717) is 18.3 Å². The Kier molecular flexibility index (Phi) is 4.59. The van der Waals surface area contributed by atoms with E-state index in [1.807, 2.05) is 6.07 Å². The van der Waals surface area contributed by atoms with Gasteiger partial charge in [0.2, 0.25) is 0 Å². The van der Waals surface area contributed by atoms with Gasteiger partial charge in [-0.2, -0.15) is 0 Å². The number of benzene rings is 2. The van der Waals surface area contributed by atoms with Crippen LogP contribution < -0.4 is 4.90 Å². The number of carbonyl (C=O) groups is 1. The fraction of sp³-hybridized carbons (Fsp3) is 0.458. The molecule has 0 aromatic heterocycles. The Morgan fingerprint density at radius 2 is 1.75 bits per heavy atom. The van der Waals surface area contributed by atoms with E-state index in [4.69, 9.17) is 4.74 Å². The molecule has 2 aromatic carbocycles. The van der Waals surface area contributed by atoms with Gasteiger partial charge in [0.1, 0.15) is 12.0 Å². The van der Waals surface area contributed by atoms with Gasteiger partial charge in [-0.05, 0) is 72.6 Å². The number of hydrogen-bond donors (Lipinski definition) is 1. The van der Waals surface area contributed by atoms with Crippen LogP contribution in [-0.4, -0.2) is 30.6 Å². The minimum Gasteiger partial charge on any atom is -0.508 e. The van der Waals surface area contributed by atoms with Crippen molar-refractivity contribution in [2.45, 2.75) is 44.3 Å². The molecule has 4 heteroatoms. The SMILES string of the molecule is O=CC1CCN(c2ccc([C@H]3c4ccc(O)cc4CO[C@H]3C3CC3)cc2)CC1. The topological polar surface area (TPSA) is 49.8 Å². The molecule has 1 aliphatic carbocycles. The molecular weight excluding hydrogens is 350 g/mol. The van der Waals surface area contributed by atoms with Gasteiger partial charge in [0.15, 0.2) is 0 Å². The van der Waals surface area contributed by atoms with E-state index in [1.165, 1.54) is 29.7 Å². The predicted octanol–water partition coefficient (Wildman–Crippen LogP) is 4.25. The molecule has 2 aromatic rings. The van der Waals surface area contributed by atoms with Gasteiger partial charge in [0.05, 0.1) is 12.7 Å². The van der Waals surface area contributed by atoms with Gasteiger partial charge < -0.3 is 19.5 Å². The third-order valence-electron chi connectivity index (χ3n) is 6.66. The molecule has 2 atom stereocenters. The molecule has 1 N–H and O–H groups in total. The number of phenolic OH excluding ortho intramolecular Hbond substituents is 1. The summed E-state index contributed by atoms with van der Waals surface area (Å²) in [6.07, 6.45) is 5.73. The normalized spacial score (nSPS) is 25.4. The largest absolute Gasteiger partial charge is 0.508 e. The standard InChI is InChI=1S/C24H27NO3/c26-14-16-9-11-25(12-10-16)20-5-3-17(4-6-20)23-22-8-7-21(27)13-19(22)15-28-24(23)18-1-2-18/h3-8,13-14,16,18,23-24,27H,1-2,9-12,15H2/t23-,24-/m0/s1. The van der Waals surface area contributed by atoms with Crippen molar-refractivity contribution in [2.24, 2.45) is 11.8 Å². The van der Waals surface area contributed by atoms with Crippen molar-refractivity contribution < 1.29 is 14.6 Å². The molecule has 0 unspecified atom stereocenters. The highest BCUT2D eigenvalue weighted by Crippen LogP contribution is 2.47. The van der Waals surface area contributed by atoms with E-state index < -0.39 is 0 Å². The Bertz CT molecular complexity index is 851. The van der Waals surface area contributed by atoms with Crippen molar-refractivity contribution in [1.29, 1.82) is 0 Å². The second kappa shape index (κ2) is 7.25. The number of fused-ring (bicyclic) bond motifs is 1. The summed E-state index contributed by atoms with van der Waals surface area (Å²) in [4.78, 5) is 13.4. The fourth-order valence-electron chi connectivity index (χ4n) is 4.87. The Hall–Kier alpha value is -2.33. The van der Waals surface area contributed by atoms with E-state index in [0.717, 1.165) is 37.8 Å². The molecule has 0 bridgehead atoms. The summed E-state index contributed by atoms with van der Waals surface area (Å²) in [6.45, 7) is 2.48. The Balaban J connectivity index is 1.42. The first kappa shape index (κ1) is 17.7. The average molecular weight is 377 g/mol. The number of nitrogens with zero attached hydrogens (tertiary/aromatic N) is 1. The second-order valence-corrected chi connectivity index (χ2v) is 8.53. The van der Waals surface area contributed by atoms with Crippen molar-refractivity contribution in [1.82, 2.24) is 0 Å². The van der Waals surface area contributed by atoms with E-state index in [9.17, 15) is 9.90 Å². The molecule has 3 aliphatic rings. The lowest BCUT2D eigenvalue weighted by Gasteiger charge is -2.35. The maximum atomic E-state index is 11.0. The maximum absolute atomic E-state index is 11.0. The number of aldehydes is 1. The van der Waals surface area contributed by atoms with E-state index in [2.05, 4.69) is 35.2 Å². The molecule has 2 fully saturated rings. The van der Waals surface area contributed by atoms with Crippen LogP contribution in [0.5, 0.6) is 5.75 Å². The Morgan fingerprint density at radius 3 is 2.43 bits per heavy atom. The number of piperidine rings is 1. The first-order valence-corrected chi connectivity index (χ1v) is 10.5. The van der Waals surface area contributed by atoms with Gasteiger partial charge in [-0.25, -0.2) is 0 Å². The summed E-state index contributed by atoms with van der Waals surface area (Å²) >= 11 is 0. The average Bonchev–Trinajstić information content (AvgIpc) is 3.58.